The number of ether oxygens (including phenoxy) is 1. The van der Waals surface area contributed by atoms with Crippen LogP contribution in [0.2, 0.25) is 5.02 Å². The number of amides is 2. The average molecular weight is 412 g/mol. The molecular weight excluding hydrogens is 394 g/mol. The Morgan fingerprint density at radius 2 is 1.66 bits per heavy atom. The fraction of sp³-hybridized carbons (Fsp3) is 0.238. The highest BCUT2D eigenvalue weighted by Gasteiger charge is 2.58. The molecule has 0 aliphatic carbocycles. The van der Waals surface area contributed by atoms with Gasteiger partial charge in [-0.3, -0.25) is 19.4 Å². The second-order valence-electron chi connectivity index (χ2n) is 6.72. The van der Waals surface area contributed by atoms with E-state index in [-0.39, 0.29) is 11.5 Å². The molecule has 1 saturated heterocycles. The zero-order valence-corrected chi connectivity index (χ0v) is 16.6. The van der Waals surface area contributed by atoms with Gasteiger partial charge in [0.05, 0.1) is 18.0 Å². The molecule has 2 atom stereocenters. The van der Waals surface area contributed by atoms with Gasteiger partial charge in [-0.1, -0.05) is 11.6 Å². The van der Waals surface area contributed by atoms with Crippen molar-refractivity contribution in [3.8, 4) is 5.75 Å². The maximum atomic E-state index is 13.2. The van der Waals surface area contributed by atoms with Gasteiger partial charge in [-0.15, -0.1) is 0 Å². The molecule has 2 aliphatic heterocycles. The molecule has 7 nitrogen and oxygen atoms in total. The molecule has 0 saturated carbocycles. The molecule has 1 fully saturated rings. The summed E-state index contributed by atoms with van der Waals surface area (Å²) >= 11 is 5.95. The Labute approximate surface area is 172 Å². The normalized spacial score (nSPS) is 20.7. The number of ketones is 1. The topological polar surface area (TPSA) is 79.3 Å². The van der Waals surface area contributed by atoms with Gasteiger partial charge in [0, 0.05) is 11.9 Å². The van der Waals surface area contributed by atoms with E-state index in [2.05, 4.69) is 5.10 Å². The molecule has 2 aliphatic rings. The summed E-state index contributed by atoms with van der Waals surface area (Å²) in [6.45, 7) is 3.73. The SMILES string of the molecule is CCOc1ccc(N2C(=O)[C@H]3C(C(C)=O)=NN(c4ccc(Cl)cc4)[C@@H]3C2=O)cc1. The van der Waals surface area contributed by atoms with Gasteiger partial charge in [0.15, 0.2) is 5.78 Å². The van der Waals surface area contributed by atoms with Crippen LogP contribution in [0.3, 0.4) is 0 Å². The fourth-order valence-corrected chi connectivity index (χ4v) is 3.75. The molecule has 0 bridgehead atoms. The molecule has 2 heterocycles. The van der Waals surface area contributed by atoms with Gasteiger partial charge in [-0.25, -0.2) is 4.90 Å². The van der Waals surface area contributed by atoms with Gasteiger partial charge >= 0.3 is 0 Å². The molecule has 0 radical (unpaired) electrons. The van der Waals surface area contributed by atoms with E-state index in [1.165, 1.54) is 11.9 Å². The summed E-state index contributed by atoms with van der Waals surface area (Å²) in [6, 6.07) is 12.5. The van der Waals surface area contributed by atoms with Crippen LogP contribution in [0.25, 0.3) is 0 Å². The predicted molar refractivity (Wildman–Crippen MR) is 109 cm³/mol. The quantitative estimate of drug-likeness (QED) is 0.706. The van der Waals surface area contributed by atoms with Crippen LogP contribution >= 0.6 is 11.6 Å². The fourth-order valence-electron chi connectivity index (χ4n) is 3.62. The number of anilines is 2. The number of Topliss-reactive ketones (excluding diaryl/α,β-unsaturated/α-hetero) is 1. The number of rotatable bonds is 5. The summed E-state index contributed by atoms with van der Waals surface area (Å²) in [5.74, 6) is -1.54. The van der Waals surface area contributed by atoms with Crippen molar-refractivity contribution in [2.75, 3.05) is 16.5 Å². The number of hydrazone groups is 1. The minimum absolute atomic E-state index is 0.0803. The van der Waals surface area contributed by atoms with Gasteiger partial charge in [0.25, 0.3) is 5.91 Å². The molecule has 0 spiro atoms. The first-order chi connectivity index (χ1) is 13.9. The van der Waals surface area contributed by atoms with Crippen molar-refractivity contribution in [2.45, 2.75) is 19.9 Å². The van der Waals surface area contributed by atoms with Crippen molar-refractivity contribution in [3.05, 3.63) is 53.6 Å². The van der Waals surface area contributed by atoms with Crippen LogP contribution in [-0.4, -0.2) is 36.0 Å². The van der Waals surface area contributed by atoms with E-state index >= 15 is 0 Å². The van der Waals surface area contributed by atoms with Crippen molar-refractivity contribution in [1.82, 2.24) is 0 Å². The lowest BCUT2D eigenvalue weighted by Gasteiger charge is -2.22. The summed E-state index contributed by atoms with van der Waals surface area (Å²) in [7, 11) is 0. The van der Waals surface area contributed by atoms with Crippen LogP contribution in [0.4, 0.5) is 11.4 Å². The molecule has 29 heavy (non-hydrogen) atoms. The first-order valence-electron chi connectivity index (χ1n) is 9.17. The van der Waals surface area contributed by atoms with E-state index in [1.54, 1.807) is 48.5 Å². The largest absolute Gasteiger partial charge is 0.494 e. The van der Waals surface area contributed by atoms with Crippen molar-refractivity contribution < 1.29 is 19.1 Å². The molecule has 0 unspecified atom stereocenters. The Bertz CT molecular complexity index is 1020. The van der Waals surface area contributed by atoms with Crippen LogP contribution in [-0.2, 0) is 14.4 Å². The highest BCUT2D eigenvalue weighted by Crippen LogP contribution is 2.38. The van der Waals surface area contributed by atoms with Gasteiger partial charge in [-0.2, -0.15) is 5.10 Å². The Hall–Kier alpha value is -3.19. The van der Waals surface area contributed by atoms with Crippen LogP contribution in [0, 0.1) is 5.92 Å². The molecule has 0 aromatic heterocycles. The van der Waals surface area contributed by atoms with E-state index in [0.29, 0.717) is 28.8 Å². The maximum absolute atomic E-state index is 13.2. The zero-order valence-electron chi connectivity index (χ0n) is 15.8. The summed E-state index contributed by atoms with van der Waals surface area (Å²) in [5, 5.41) is 6.28. The first-order valence-corrected chi connectivity index (χ1v) is 9.55. The lowest BCUT2D eigenvalue weighted by atomic mass is 9.95. The Morgan fingerprint density at radius 3 is 2.24 bits per heavy atom. The summed E-state index contributed by atoms with van der Waals surface area (Å²) in [4.78, 5) is 39.7. The number of carbonyl (C=O) groups excluding carboxylic acids is 3. The number of carbonyl (C=O) groups is 3. The van der Waals surface area contributed by atoms with Crippen molar-refractivity contribution in [1.29, 1.82) is 0 Å². The number of hydrogen-bond donors (Lipinski definition) is 0. The van der Waals surface area contributed by atoms with E-state index in [1.807, 2.05) is 6.92 Å². The third-order valence-electron chi connectivity index (χ3n) is 4.91. The van der Waals surface area contributed by atoms with Crippen molar-refractivity contribution in [3.63, 3.8) is 0 Å². The third kappa shape index (κ3) is 3.17. The molecule has 4 rings (SSSR count). The molecule has 2 aromatic carbocycles. The summed E-state index contributed by atoms with van der Waals surface area (Å²) in [5.41, 5.74) is 1.09. The van der Waals surface area contributed by atoms with Gasteiger partial charge in [-0.05, 0) is 55.5 Å². The van der Waals surface area contributed by atoms with Gasteiger partial charge < -0.3 is 4.74 Å². The zero-order chi connectivity index (χ0) is 20.7. The van der Waals surface area contributed by atoms with Crippen LogP contribution in [0.1, 0.15) is 13.8 Å². The average Bonchev–Trinajstić information content (AvgIpc) is 3.21. The van der Waals surface area contributed by atoms with Crippen LogP contribution in [0.15, 0.2) is 53.6 Å². The minimum Gasteiger partial charge on any atom is -0.494 e. The van der Waals surface area contributed by atoms with Gasteiger partial charge in [0.1, 0.15) is 23.4 Å². The third-order valence-corrected chi connectivity index (χ3v) is 5.16. The van der Waals surface area contributed by atoms with Crippen molar-refractivity contribution >= 4 is 46.3 Å². The number of fused-ring (bicyclic) bond motifs is 1. The van der Waals surface area contributed by atoms with Crippen molar-refractivity contribution in [2.24, 2.45) is 11.0 Å². The number of hydrogen-bond acceptors (Lipinski definition) is 6. The van der Waals surface area contributed by atoms with Crippen LogP contribution < -0.4 is 14.6 Å². The van der Waals surface area contributed by atoms with E-state index < -0.39 is 23.8 Å². The lowest BCUT2D eigenvalue weighted by Crippen LogP contribution is -2.39. The van der Waals surface area contributed by atoms with E-state index in [4.69, 9.17) is 16.3 Å². The predicted octanol–water partition coefficient (Wildman–Crippen LogP) is 3.06. The summed E-state index contributed by atoms with van der Waals surface area (Å²) < 4.78 is 5.41. The monoisotopic (exact) mass is 411 g/mol. The van der Waals surface area contributed by atoms with Crippen LogP contribution in [0.5, 0.6) is 5.75 Å². The molecule has 8 heteroatoms. The summed E-state index contributed by atoms with van der Waals surface area (Å²) in [6.07, 6.45) is 0. The number of imide groups is 1. The highest BCUT2D eigenvalue weighted by atomic mass is 35.5. The maximum Gasteiger partial charge on any atom is 0.259 e. The number of halogens is 1. The second-order valence-corrected chi connectivity index (χ2v) is 7.16. The molecule has 148 valence electrons. The lowest BCUT2D eigenvalue weighted by molar-refractivity contribution is -0.122. The smallest absolute Gasteiger partial charge is 0.259 e. The van der Waals surface area contributed by atoms with E-state index in [9.17, 15) is 14.4 Å². The Balaban J connectivity index is 1.73. The van der Waals surface area contributed by atoms with E-state index in [0.717, 1.165) is 4.90 Å². The highest BCUT2D eigenvalue weighted by molar-refractivity contribution is 6.48. The standard InChI is InChI=1S/C21H18ClN3O4/c1-3-29-16-10-8-14(9-11-16)24-20(27)17-18(12(2)26)23-25(19(17)21(24)28)15-6-4-13(22)5-7-15/h4-11,17,19H,3H2,1-2H3/t17-,19-/m0/s1. The Morgan fingerprint density at radius 1 is 1.03 bits per heavy atom. The Kier molecular flexibility index (Phi) is 4.84. The number of nitrogens with zero attached hydrogens (tertiary/aromatic N) is 3. The molecule has 0 N–H and O–H groups in total. The first kappa shape index (κ1) is 19.1. The minimum atomic E-state index is -0.942. The number of benzene rings is 2. The molecular formula is C21H18ClN3O4. The second kappa shape index (κ2) is 7.33. The van der Waals surface area contributed by atoms with Gasteiger partial charge in [0.2, 0.25) is 5.91 Å². The molecule has 2 aromatic rings. The molecule has 2 amide bonds.